The fourth-order valence-electron chi connectivity index (χ4n) is 0.297. The Labute approximate surface area is 49.8 Å². The molecule has 2 nitrogen and oxygen atoms in total. The lowest BCUT2D eigenvalue weighted by Crippen LogP contribution is -2.09. The summed E-state index contributed by atoms with van der Waals surface area (Å²) in [6.45, 7) is 5.71. The molecule has 0 amide bonds. The van der Waals surface area contributed by atoms with Gasteiger partial charge in [-0.1, -0.05) is 13.0 Å². The molecule has 48 valence electrons. The lowest BCUT2D eigenvalue weighted by atomic mass is 10.5. The van der Waals surface area contributed by atoms with Crippen LogP contribution in [0.25, 0.3) is 0 Å². The Hall–Kier alpha value is -0.340. The second kappa shape index (κ2) is 4.81. The van der Waals surface area contributed by atoms with Crippen molar-refractivity contribution in [3.63, 3.8) is 0 Å². The molecule has 0 aromatic rings. The van der Waals surface area contributed by atoms with E-state index in [9.17, 15) is 0 Å². The van der Waals surface area contributed by atoms with Gasteiger partial charge in [0.25, 0.3) is 0 Å². The predicted octanol–water partition coefficient (Wildman–Crippen LogP) is 0.917. The molecule has 0 aromatic carbocycles. The summed E-state index contributed by atoms with van der Waals surface area (Å²) in [4.78, 5) is 0. The zero-order valence-corrected chi connectivity index (χ0v) is 5.13. The van der Waals surface area contributed by atoms with Crippen LogP contribution in [0.4, 0.5) is 0 Å². The van der Waals surface area contributed by atoms with E-state index in [1.54, 1.807) is 6.08 Å². The fraction of sp³-hybridized carbons (Fsp3) is 0.667. The lowest BCUT2D eigenvalue weighted by Gasteiger charge is -2.05. The molecule has 0 aliphatic rings. The van der Waals surface area contributed by atoms with E-state index in [1.165, 1.54) is 0 Å². The smallest absolute Gasteiger partial charge is 0.154 e. The molecule has 0 radical (unpaired) electrons. The number of hydrogen-bond acceptors (Lipinski definition) is 2. The lowest BCUT2D eigenvalue weighted by molar-refractivity contribution is -0.0896. The minimum Gasteiger partial charge on any atom is -0.368 e. The van der Waals surface area contributed by atoms with E-state index in [-0.39, 0.29) is 0 Å². The van der Waals surface area contributed by atoms with Crippen molar-refractivity contribution in [2.24, 2.45) is 0 Å². The number of hydrogen-bond donors (Lipinski definition) is 1. The maximum absolute atomic E-state index is 8.72. The molecule has 1 N–H and O–H groups in total. The van der Waals surface area contributed by atoms with Gasteiger partial charge >= 0.3 is 0 Å². The van der Waals surface area contributed by atoms with Crippen LogP contribution in [-0.2, 0) is 4.74 Å². The highest BCUT2D eigenvalue weighted by molar-refractivity contribution is 4.63. The first-order chi connectivity index (χ1) is 3.81. The first-order valence-corrected chi connectivity index (χ1v) is 2.71. The summed E-state index contributed by atoms with van der Waals surface area (Å²) >= 11 is 0. The summed E-state index contributed by atoms with van der Waals surface area (Å²) in [5, 5.41) is 8.72. The Morgan fingerprint density at radius 2 is 2.50 bits per heavy atom. The van der Waals surface area contributed by atoms with Crippen LogP contribution in [0.15, 0.2) is 12.7 Å². The maximum atomic E-state index is 8.72. The molecule has 0 aliphatic carbocycles. The number of aliphatic hydroxyl groups is 1. The standard InChI is InChI=1S/C6H12O2/c1-3-5-8-6(7)4-2/h3,6-7H,1,4-5H2,2H3/t6-/m1/s1. The van der Waals surface area contributed by atoms with E-state index >= 15 is 0 Å². The fourth-order valence-corrected chi connectivity index (χ4v) is 0.297. The Morgan fingerprint density at radius 1 is 1.88 bits per heavy atom. The molecule has 0 spiro atoms. The van der Waals surface area contributed by atoms with Crippen LogP contribution in [0.1, 0.15) is 13.3 Å². The highest BCUT2D eigenvalue weighted by atomic mass is 16.6. The SMILES string of the molecule is C=CCO[C@@H](O)CC. The predicted molar refractivity (Wildman–Crippen MR) is 32.4 cm³/mol. The average molecular weight is 116 g/mol. The summed E-state index contributed by atoms with van der Waals surface area (Å²) < 4.78 is 4.78. The monoisotopic (exact) mass is 116 g/mol. The molecule has 0 aliphatic heterocycles. The largest absolute Gasteiger partial charge is 0.368 e. The minimum atomic E-state index is -0.618. The molecule has 0 rings (SSSR count). The van der Waals surface area contributed by atoms with Crippen LogP contribution in [-0.4, -0.2) is 18.0 Å². The molecule has 1 atom stereocenters. The first kappa shape index (κ1) is 7.66. The van der Waals surface area contributed by atoms with Crippen molar-refractivity contribution in [1.82, 2.24) is 0 Å². The van der Waals surface area contributed by atoms with E-state index in [0.717, 1.165) is 0 Å². The Balaban J connectivity index is 2.97. The van der Waals surface area contributed by atoms with E-state index in [1.807, 2.05) is 6.92 Å². The van der Waals surface area contributed by atoms with Crippen molar-refractivity contribution in [1.29, 1.82) is 0 Å². The van der Waals surface area contributed by atoms with Crippen molar-refractivity contribution >= 4 is 0 Å². The third kappa shape index (κ3) is 3.84. The van der Waals surface area contributed by atoms with Crippen LogP contribution in [0.5, 0.6) is 0 Å². The quantitative estimate of drug-likeness (QED) is 0.437. The topological polar surface area (TPSA) is 29.5 Å². The third-order valence-electron chi connectivity index (χ3n) is 0.756. The summed E-state index contributed by atoms with van der Waals surface area (Å²) in [7, 11) is 0. The van der Waals surface area contributed by atoms with Crippen LogP contribution >= 0.6 is 0 Å². The maximum Gasteiger partial charge on any atom is 0.154 e. The molecule has 0 unspecified atom stereocenters. The van der Waals surface area contributed by atoms with Crippen molar-refractivity contribution in [3.05, 3.63) is 12.7 Å². The third-order valence-corrected chi connectivity index (χ3v) is 0.756. The number of rotatable bonds is 4. The molecular weight excluding hydrogens is 104 g/mol. The van der Waals surface area contributed by atoms with E-state index in [4.69, 9.17) is 9.84 Å². The highest BCUT2D eigenvalue weighted by Crippen LogP contribution is 1.90. The molecule has 0 saturated heterocycles. The Kier molecular flexibility index (Phi) is 4.61. The zero-order chi connectivity index (χ0) is 6.41. The van der Waals surface area contributed by atoms with E-state index < -0.39 is 6.29 Å². The minimum absolute atomic E-state index is 0.426. The molecule has 0 saturated carbocycles. The van der Waals surface area contributed by atoms with Gasteiger partial charge in [0.05, 0.1) is 6.61 Å². The Bertz CT molecular complexity index is 61.5. The van der Waals surface area contributed by atoms with Crippen molar-refractivity contribution in [2.75, 3.05) is 6.61 Å². The molecule has 0 aromatic heterocycles. The summed E-state index contributed by atoms with van der Waals surface area (Å²) in [5.41, 5.74) is 0. The van der Waals surface area contributed by atoms with Gasteiger partial charge in [-0.2, -0.15) is 0 Å². The Morgan fingerprint density at radius 3 is 2.88 bits per heavy atom. The van der Waals surface area contributed by atoms with E-state index in [2.05, 4.69) is 6.58 Å². The van der Waals surface area contributed by atoms with Crippen molar-refractivity contribution in [2.45, 2.75) is 19.6 Å². The van der Waals surface area contributed by atoms with Crippen LogP contribution in [0, 0.1) is 0 Å². The van der Waals surface area contributed by atoms with Gasteiger partial charge in [-0.25, -0.2) is 0 Å². The van der Waals surface area contributed by atoms with Gasteiger partial charge in [0, 0.05) is 0 Å². The molecule has 8 heavy (non-hydrogen) atoms. The van der Waals surface area contributed by atoms with Crippen molar-refractivity contribution < 1.29 is 9.84 Å². The van der Waals surface area contributed by atoms with Crippen LogP contribution in [0.2, 0.25) is 0 Å². The molecule has 2 heteroatoms. The van der Waals surface area contributed by atoms with Gasteiger partial charge in [-0.15, -0.1) is 6.58 Å². The summed E-state index contributed by atoms with van der Waals surface area (Å²) in [5.74, 6) is 0. The molecule has 0 heterocycles. The van der Waals surface area contributed by atoms with E-state index in [0.29, 0.717) is 13.0 Å². The number of ether oxygens (including phenoxy) is 1. The number of aliphatic hydroxyl groups excluding tert-OH is 1. The normalized spacial score (nSPS) is 13.2. The summed E-state index contributed by atoms with van der Waals surface area (Å²) in [6, 6.07) is 0. The highest BCUT2D eigenvalue weighted by Gasteiger charge is 1.94. The van der Waals surface area contributed by atoms with Crippen LogP contribution < -0.4 is 0 Å². The van der Waals surface area contributed by atoms with Crippen molar-refractivity contribution in [3.8, 4) is 0 Å². The van der Waals surface area contributed by atoms with Gasteiger partial charge in [-0.3, -0.25) is 0 Å². The average Bonchev–Trinajstić information content (AvgIpc) is 1.83. The first-order valence-electron chi connectivity index (χ1n) is 2.71. The van der Waals surface area contributed by atoms with Gasteiger partial charge < -0.3 is 9.84 Å². The van der Waals surface area contributed by atoms with Gasteiger partial charge in [-0.05, 0) is 6.42 Å². The molecular formula is C6H12O2. The van der Waals surface area contributed by atoms with Gasteiger partial charge in [0.1, 0.15) is 0 Å². The summed E-state index contributed by atoms with van der Waals surface area (Å²) in [6.07, 6.45) is 1.63. The zero-order valence-electron chi connectivity index (χ0n) is 5.13. The van der Waals surface area contributed by atoms with Crippen LogP contribution in [0.3, 0.4) is 0 Å². The second-order valence-corrected chi connectivity index (χ2v) is 1.48. The molecule has 0 fully saturated rings. The second-order valence-electron chi connectivity index (χ2n) is 1.48. The molecule has 0 bridgehead atoms. The van der Waals surface area contributed by atoms with Gasteiger partial charge in [0.15, 0.2) is 6.29 Å². The van der Waals surface area contributed by atoms with Gasteiger partial charge in [0.2, 0.25) is 0 Å².